The van der Waals surface area contributed by atoms with Crippen molar-refractivity contribution >= 4 is 40.1 Å². The molecule has 2 aromatic carbocycles. The first-order valence-electron chi connectivity index (χ1n) is 9.21. The van der Waals surface area contributed by atoms with Crippen LogP contribution in [0.25, 0.3) is 10.9 Å². The monoisotopic (exact) mass is 407 g/mol. The predicted octanol–water partition coefficient (Wildman–Crippen LogP) is 2.99. The second-order valence-corrected chi connectivity index (χ2v) is 7.35. The molecular formula is C22H18ClN3O3. The van der Waals surface area contributed by atoms with Crippen molar-refractivity contribution in [1.29, 1.82) is 0 Å². The summed E-state index contributed by atoms with van der Waals surface area (Å²) < 4.78 is 0. The normalized spacial score (nSPS) is 16.2. The molecule has 6 nitrogen and oxygen atoms in total. The van der Waals surface area contributed by atoms with Gasteiger partial charge >= 0.3 is 0 Å². The number of carbonyl (C=O) groups is 3. The standard InChI is InChI=1S/C22H18ClN3O3/c23-16-8-6-14(7-9-16)12-25-21(28)19-11-17(27)13-26(19)22(29)18-5-1-3-15-4-2-10-24-20(15)18/h1-10,19H,11-13H2,(H,25,28)/t19-/m0/s1. The lowest BCUT2D eigenvalue weighted by Crippen LogP contribution is -2.45. The van der Waals surface area contributed by atoms with E-state index in [4.69, 9.17) is 11.6 Å². The Morgan fingerprint density at radius 2 is 1.86 bits per heavy atom. The average Bonchev–Trinajstić information content (AvgIpc) is 3.14. The third-order valence-corrected chi connectivity index (χ3v) is 5.20. The molecule has 2 heterocycles. The van der Waals surface area contributed by atoms with Gasteiger partial charge in [0.1, 0.15) is 6.04 Å². The number of carbonyl (C=O) groups excluding carboxylic acids is 3. The van der Waals surface area contributed by atoms with Crippen LogP contribution in [0.3, 0.4) is 0 Å². The molecule has 0 bridgehead atoms. The summed E-state index contributed by atoms with van der Waals surface area (Å²) in [7, 11) is 0. The van der Waals surface area contributed by atoms with Gasteiger partial charge in [-0.05, 0) is 29.8 Å². The Morgan fingerprint density at radius 3 is 2.66 bits per heavy atom. The van der Waals surface area contributed by atoms with E-state index in [0.29, 0.717) is 22.6 Å². The Morgan fingerprint density at radius 1 is 1.10 bits per heavy atom. The Balaban J connectivity index is 1.54. The number of pyridine rings is 1. The van der Waals surface area contributed by atoms with Crippen molar-refractivity contribution in [2.45, 2.75) is 19.0 Å². The van der Waals surface area contributed by atoms with Crippen molar-refractivity contribution in [2.75, 3.05) is 6.54 Å². The number of Topliss-reactive ketones (excluding diaryl/α,β-unsaturated/α-hetero) is 1. The summed E-state index contributed by atoms with van der Waals surface area (Å²) in [5, 5.41) is 4.25. The first-order chi connectivity index (χ1) is 14.0. The highest BCUT2D eigenvalue weighted by Gasteiger charge is 2.39. The van der Waals surface area contributed by atoms with Gasteiger partial charge in [-0.25, -0.2) is 0 Å². The summed E-state index contributed by atoms with van der Waals surface area (Å²) >= 11 is 5.87. The quantitative estimate of drug-likeness (QED) is 0.721. The molecule has 1 saturated heterocycles. The number of ketones is 1. The number of likely N-dealkylation sites (tertiary alicyclic amines) is 1. The molecule has 1 fully saturated rings. The van der Waals surface area contributed by atoms with E-state index < -0.39 is 6.04 Å². The number of hydrogen-bond acceptors (Lipinski definition) is 4. The number of hydrogen-bond donors (Lipinski definition) is 1. The molecule has 2 amide bonds. The topological polar surface area (TPSA) is 79.4 Å². The third kappa shape index (κ3) is 3.98. The summed E-state index contributed by atoms with van der Waals surface area (Å²) in [5.41, 5.74) is 1.82. The van der Waals surface area contributed by atoms with Gasteiger partial charge in [-0.15, -0.1) is 0 Å². The average molecular weight is 408 g/mol. The van der Waals surface area contributed by atoms with Crippen LogP contribution in [0.5, 0.6) is 0 Å². The first kappa shape index (κ1) is 19.1. The molecule has 7 heteroatoms. The Bertz CT molecular complexity index is 1090. The molecule has 0 unspecified atom stereocenters. The lowest BCUT2D eigenvalue weighted by atomic mass is 10.1. The number of nitrogens with zero attached hydrogens (tertiary/aromatic N) is 2. The summed E-state index contributed by atoms with van der Waals surface area (Å²) in [4.78, 5) is 43.6. The van der Waals surface area contributed by atoms with Gasteiger partial charge in [-0.2, -0.15) is 0 Å². The van der Waals surface area contributed by atoms with Crippen molar-refractivity contribution in [2.24, 2.45) is 0 Å². The van der Waals surface area contributed by atoms with E-state index in [9.17, 15) is 14.4 Å². The van der Waals surface area contributed by atoms with Gasteiger partial charge in [0, 0.05) is 29.6 Å². The van der Waals surface area contributed by atoms with E-state index in [1.807, 2.05) is 24.3 Å². The highest BCUT2D eigenvalue weighted by atomic mass is 35.5. The summed E-state index contributed by atoms with van der Waals surface area (Å²) in [6.07, 6.45) is 1.63. The van der Waals surface area contributed by atoms with Gasteiger partial charge in [-0.1, -0.05) is 41.9 Å². The molecule has 0 radical (unpaired) electrons. The van der Waals surface area contributed by atoms with Crippen molar-refractivity contribution in [3.8, 4) is 0 Å². The Kier molecular flexibility index (Phi) is 5.27. The van der Waals surface area contributed by atoms with E-state index in [1.54, 1.807) is 36.5 Å². The molecule has 1 aliphatic heterocycles. The minimum atomic E-state index is -0.832. The maximum atomic E-state index is 13.2. The molecule has 1 N–H and O–H groups in total. The number of aromatic nitrogens is 1. The van der Waals surface area contributed by atoms with Crippen LogP contribution in [-0.4, -0.2) is 40.1 Å². The highest BCUT2D eigenvalue weighted by Crippen LogP contribution is 2.23. The predicted molar refractivity (Wildman–Crippen MR) is 109 cm³/mol. The number of halogens is 1. The van der Waals surface area contributed by atoms with E-state index >= 15 is 0 Å². The molecule has 1 aliphatic rings. The fourth-order valence-electron chi connectivity index (χ4n) is 3.48. The minimum Gasteiger partial charge on any atom is -0.350 e. The van der Waals surface area contributed by atoms with Crippen LogP contribution in [0.4, 0.5) is 0 Å². The number of para-hydroxylation sites is 1. The maximum absolute atomic E-state index is 13.2. The molecule has 0 spiro atoms. The smallest absolute Gasteiger partial charge is 0.257 e. The molecule has 1 atom stereocenters. The largest absolute Gasteiger partial charge is 0.350 e. The van der Waals surface area contributed by atoms with Crippen LogP contribution in [0.2, 0.25) is 5.02 Å². The van der Waals surface area contributed by atoms with Crippen molar-refractivity contribution in [3.05, 3.63) is 76.9 Å². The minimum absolute atomic E-state index is 0.0103. The van der Waals surface area contributed by atoms with Crippen LogP contribution in [-0.2, 0) is 16.1 Å². The van der Waals surface area contributed by atoms with E-state index in [2.05, 4.69) is 10.3 Å². The third-order valence-electron chi connectivity index (χ3n) is 4.95. The first-order valence-corrected chi connectivity index (χ1v) is 9.59. The lowest BCUT2D eigenvalue weighted by Gasteiger charge is -2.23. The number of amides is 2. The fourth-order valence-corrected chi connectivity index (χ4v) is 3.60. The molecule has 146 valence electrons. The Hall–Kier alpha value is -3.25. The molecular weight excluding hydrogens is 390 g/mol. The van der Waals surface area contributed by atoms with Gasteiger partial charge in [-0.3, -0.25) is 19.4 Å². The number of nitrogens with one attached hydrogen (secondary N) is 1. The van der Waals surface area contributed by atoms with Gasteiger partial charge < -0.3 is 10.2 Å². The van der Waals surface area contributed by atoms with Crippen molar-refractivity contribution in [3.63, 3.8) is 0 Å². The summed E-state index contributed by atoms with van der Waals surface area (Å²) in [6.45, 7) is 0.208. The molecule has 3 aromatic rings. The van der Waals surface area contributed by atoms with Crippen LogP contribution in [0, 0.1) is 0 Å². The van der Waals surface area contributed by atoms with E-state index in [1.165, 1.54) is 4.90 Å². The number of rotatable bonds is 4. The van der Waals surface area contributed by atoms with Gasteiger partial charge in [0.15, 0.2) is 5.78 Å². The second-order valence-electron chi connectivity index (χ2n) is 6.92. The van der Waals surface area contributed by atoms with Crippen LogP contribution >= 0.6 is 11.6 Å². The molecule has 1 aromatic heterocycles. The number of fused-ring (bicyclic) bond motifs is 1. The van der Waals surface area contributed by atoms with Gasteiger partial charge in [0.05, 0.1) is 17.6 Å². The molecule has 0 saturated carbocycles. The maximum Gasteiger partial charge on any atom is 0.257 e. The highest BCUT2D eigenvalue weighted by molar-refractivity contribution is 6.30. The zero-order chi connectivity index (χ0) is 20.4. The Labute approximate surface area is 172 Å². The van der Waals surface area contributed by atoms with Crippen LogP contribution in [0.15, 0.2) is 60.8 Å². The summed E-state index contributed by atoms with van der Waals surface area (Å²) in [6, 6.07) is 15.2. The van der Waals surface area contributed by atoms with Gasteiger partial charge in [0.25, 0.3) is 5.91 Å². The number of benzene rings is 2. The molecule has 4 rings (SSSR count). The van der Waals surface area contributed by atoms with Crippen LogP contribution in [0.1, 0.15) is 22.3 Å². The zero-order valence-corrected chi connectivity index (χ0v) is 16.2. The molecule has 0 aliphatic carbocycles. The lowest BCUT2D eigenvalue weighted by molar-refractivity contribution is -0.125. The second kappa shape index (κ2) is 8.01. The fraction of sp³-hybridized carbons (Fsp3) is 0.182. The van der Waals surface area contributed by atoms with Gasteiger partial charge in [0.2, 0.25) is 5.91 Å². The van der Waals surface area contributed by atoms with E-state index in [-0.39, 0.29) is 30.6 Å². The summed E-state index contributed by atoms with van der Waals surface area (Å²) in [5.74, 6) is -0.864. The SMILES string of the molecule is O=C1C[C@@H](C(=O)NCc2ccc(Cl)cc2)N(C(=O)c2cccc3cccnc23)C1. The van der Waals surface area contributed by atoms with Crippen molar-refractivity contribution in [1.82, 2.24) is 15.2 Å². The zero-order valence-electron chi connectivity index (χ0n) is 15.5. The van der Waals surface area contributed by atoms with Crippen molar-refractivity contribution < 1.29 is 14.4 Å². The van der Waals surface area contributed by atoms with Crippen LogP contribution < -0.4 is 5.32 Å². The van der Waals surface area contributed by atoms with E-state index in [0.717, 1.165) is 10.9 Å². The molecule has 29 heavy (non-hydrogen) atoms.